The van der Waals surface area contributed by atoms with Crippen LogP contribution in [0.1, 0.15) is 78.6 Å². The van der Waals surface area contributed by atoms with Crippen molar-refractivity contribution in [3.8, 4) is 0 Å². The predicted molar refractivity (Wildman–Crippen MR) is 84.3 cm³/mol. The number of esters is 2. The van der Waals surface area contributed by atoms with Gasteiger partial charge in [-0.05, 0) is 64.7 Å². The van der Waals surface area contributed by atoms with Gasteiger partial charge < -0.3 is 9.47 Å². The van der Waals surface area contributed by atoms with Crippen molar-refractivity contribution >= 4 is 11.9 Å². The summed E-state index contributed by atoms with van der Waals surface area (Å²) >= 11 is 0. The molecule has 0 atom stereocenters. The van der Waals surface area contributed by atoms with Crippen LogP contribution in [0.25, 0.3) is 0 Å². The molecule has 0 amide bonds. The van der Waals surface area contributed by atoms with E-state index in [1.165, 1.54) is 12.8 Å². The molecule has 4 nitrogen and oxygen atoms in total. The van der Waals surface area contributed by atoms with Crippen LogP contribution in [-0.4, -0.2) is 24.1 Å². The number of carbonyl (C=O) groups excluding carboxylic acids is 2. The number of carbonyl (C=O) groups is 2. The Morgan fingerprint density at radius 1 is 1.09 bits per heavy atom. The minimum atomic E-state index is -0.545. The summed E-state index contributed by atoms with van der Waals surface area (Å²) in [5.74, 6) is -0.205. The van der Waals surface area contributed by atoms with E-state index in [2.05, 4.69) is 0 Å². The van der Waals surface area contributed by atoms with Gasteiger partial charge in [0.1, 0.15) is 5.60 Å². The minimum absolute atomic E-state index is 0.253. The van der Waals surface area contributed by atoms with E-state index >= 15 is 0 Å². The Hall–Kier alpha value is -1.06. The third-order valence-electron chi connectivity index (χ3n) is 5.62. The number of hydrogen-bond donors (Lipinski definition) is 0. The van der Waals surface area contributed by atoms with E-state index in [0.29, 0.717) is 12.3 Å². The van der Waals surface area contributed by atoms with Crippen molar-refractivity contribution < 1.29 is 19.1 Å². The fourth-order valence-electron chi connectivity index (χ4n) is 3.74. The summed E-state index contributed by atoms with van der Waals surface area (Å²) in [5, 5.41) is 0. The Kier molecular flexibility index (Phi) is 5.51. The molecule has 0 unspecified atom stereocenters. The smallest absolute Gasteiger partial charge is 0.344 e. The van der Waals surface area contributed by atoms with Crippen molar-refractivity contribution in [1.82, 2.24) is 0 Å². The molecule has 2 aliphatic carbocycles. The Morgan fingerprint density at radius 3 is 2.23 bits per heavy atom. The van der Waals surface area contributed by atoms with Gasteiger partial charge in [-0.1, -0.05) is 19.8 Å². The normalized spacial score (nSPS) is 21.8. The molecule has 0 N–H and O–H groups in total. The molecular weight excluding hydrogens is 280 g/mol. The van der Waals surface area contributed by atoms with E-state index in [4.69, 9.17) is 9.47 Å². The SMILES string of the molecule is CCC(C)(C)C(=O)OCC(=O)OC1(C2CCCC2)CCCC1. The van der Waals surface area contributed by atoms with Crippen molar-refractivity contribution in [2.75, 3.05) is 6.61 Å². The van der Waals surface area contributed by atoms with Crippen LogP contribution in [0.15, 0.2) is 0 Å². The highest BCUT2D eigenvalue weighted by molar-refractivity contribution is 5.80. The lowest BCUT2D eigenvalue weighted by Crippen LogP contribution is -2.40. The highest BCUT2D eigenvalue weighted by Gasteiger charge is 2.45. The zero-order valence-electron chi connectivity index (χ0n) is 14.3. The zero-order valence-corrected chi connectivity index (χ0v) is 14.3. The van der Waals surface area contributed by atoms with Gasteiger partial charge in [-0.2, -0.15) is 0 Å². The van der Waals surface area contributed by atoms with Crippen LogP contribution in [0.4, 0.5) is 0 Å². The second-order valence-electron chi connectivity index (χ2n) is 7.54. The summed E-state index contributed by atoms with van der Waals surface area (Å²) < 4.78 is 11.0. The van der Waals surface area contributed by atoms with E-state index in [1.54, 1.807) is 0 Å². The summed E-state index contributed by atoms with van der Waals surface area (Å²) in [6, 6.07) is 0. The first-order chi connectivity index (χ1) is 10.4. The van der Waals surface area contributed by atoms with E-state index in [0.717, 1.165) is 38.5 Å². The molecule has 0 heterocycles. The summed E-state index contributed by atoms with van der Waals surface area (Å²) in [6.45, 7) is 5.35. The molecule has 4 heteroatoms. The van der Waals surface area contributed by atoms with Crippen molar-refractivity contribution in [2.45, 2.75) is 84.2 Å². The second kappa shape index (κ2) is 7.01. The lowest BCUT2D eigenvalue weighted by molar-refractivity contribution is -0.177. The van der Waals surface area contributed by atoms with E-state index < -0.39 is 5.41 Å². The first-order valence-corrected chi connectivity index (χ1v) is 8.79. The van der Waals surface area contributed by atoms with Gasteiger partial charge in [0.05, 0.1) is 5.41 Å². The summed E-state index contributed by atoms with van der Waals surface area (Å²) in [7, 11) is 0. The Bertz CT molecular complexity index is 401. The molecule has 0 aliphatic heterocycles. The topological polar surface area (TPSA) is 52.6 Å². The quantitative estimate of drug-likeness (QED) is 0.696. The zero-order chi connectivity index (χ0) is 16.2. The fourth-order valence-corrected chi connectivity index (χ4v) is 3.74. The number of ether oxygens (including phenoxy) is 2. The van der Waals surface area contributed by atoms with Gasteiger partial charge in [0.15, 0.2) is 6.61 Å². The molecule has 0 aromatic heterocycles. The van der Waals surface area contributed by atoms with Crippen LogP contribution in [0, 0.1) is 11.3 Å². The van der Waals surface area contributed by atoms with Crippen molar-refractivity contribution in [2.24, 2.45) is 11.3 Å². The molecule has 2 fully saturated rings. The van der Waals surface area contributed by atoms with Crippen molar-refractivity contribution in [1.29, 1.82) is 0 Å². The fraction of sp³-hybridized carbons (Fsp3) is 0.889. The van der Waals surface area contributed by atoms with Gasteiger partial charge >= 0.3 is 11.9 Å². The summed E-state index contributed by atoms with van der Waals surface area (Å²) in [5.41, 5.74) is -0.822. The molecule has 22 heavy (non-hydrogen) atoms. The van der Waals surface area contributed by atoms with Gasteiger partial charge in [-0.3, -0.25) is 4.79 Å². The van der Waals surface area contributed by atoms with E-state index in [-0.39, 0.29) is 24.1 Å². The highest BCUT2D eigenvalue weighted by atomic mass is 16.6. The maximum absolute atomic E-state index is 12.2. The summed E-state index contributed by atoms with van der Waals surface area (Å²) in [4.78, 5) is 24.1. The van der Waals surface area contributed by atoms with Crippen LogP contribution < -0.4 is 0 Å². The Morgan fingerprint density at radius 2 is 1.68 bits per heavy atom. The molecule has 0 radical (unpaired) electrons. The average molecular weight is 310 g/mol. The Balaban J connectivity index is 1.88. The second-order valence-corrected chi connectivity index (χ2v) is 7.54. The minimum Gasteiger partial charge on any atom is -0.456 e. The van der Waals surface area contributed by atoms with E-state index in [9.17, 15) is 9.59 Å². The molecule has 0 spiro atoms. The molecular formula is C18H30O4. The molecule has 0 aromatic rings. The molecule has 2 aliphatic rings. The average Bonchev–Trinajstić information content (AvgIpc) is 3.16. The van der Waals surface area contributed by atoms with Crippen molar-refractivity contribution in [3.63, 3.8) is 0 Å². The van der Waals surface area contributed by atoms with Crippen LogP contribution in [0.2, 0.25) is 0 Å². The molecule has 2 rings (SSSR count). The first kappa shape index (κ1) is 17.3. The third-order valence-corrected chi connectivity index (χ3v) is 5.62. The third kappa shape index (κ3) is 3.82. The number of hydrogen-bond acceptors (Lipinski definition) is 4. The number of rotatable bonds is 6. The molecule has 2 saturated carbocycles. The maximum atomic E-state index is 12.2. The van der Waals surface area contributed by atoms with E-state index in [1.807, 2.05) is 20.8 Å². The molecule has 0 saturated heterocycles. The maximum Gasteiger partial charge on any atom is 0.344 e. The monoisotopic (exact) mass is 310 g/mol. The van der Waals surface area contributed by atoms with Gasteiger partial charge in [0, 0.05) is 0 Å². The first-order valence-electron chi connectivity index (χ1n) is 8.79. The predicted octanol–water partition coefficient (Wildman–Crippen LogP) is 4.01. The van der Waals surface area contributed by atoms with Crippen LogP contribution in [0.3, 0.4) is 0 Å². The molecule has 126 valence electrons. The van der Waals surface area contributed by atoms with Gasteiger partial charge in [-0.15, -0.1) is 0 Å². The van der Waals surface area contributed by atoms with Gasteiger partial charge in [0.2, 0.25) is 0 Å². The van der Waals surface area contributed by atoms with Gasteiger partial charge in [0.25, 0.3) is 0 Å². The lowest BCUT2D eigenvalue weighted by Gasteiger charge is -2.35. The Labute approximate surface area is 133 Å². The van der Waals surface area contributed by atoms with Crippen LogP contribution in [-0.2, 0) is 19.1 Å². The molecule has 0 aromatic carbocycles. The van der Waals surface area contributed by atoms with Crippen LogP contribution >= 0.6 is 0 Å². The van der Waals surface area contributed by atoms with Crippen LogP contribution in [0.5, 0.6) is 0 Å². The van der Waals surface area contributed by atoms with Crippen molar-refractivity contribution in [3.05, 3.63) is 0 Å². The largest absolute Gasteiger partial charge is 0.456 e. The highest BCUT2D eigenvalue weighted by Crippen LogP contribution is 2.46. The molecule has 0 bridgehead atoms. The lowest BCUT2D eigenvalue weighted by atomic mass is 9.84. The standard InChI is InChI=1S/C18H30O4/c1-4-17(2,3)16(20)21-13-15(19)22-18(11-7-8-12-18)14-9-5-6-10-14/h14H,4-13H2,1-3H3. The summed E-state index contributed by atoms with van der Waals surface area (Å²) in [6.07, 6.45) is 9.69. The van der Waals surface area contributed by atoms with Gasteiger partial charge in [-0.25, -0.2) is 4.79 Å².